The summed E-state index contributed by atoms with van der Waals surface area (Å²) in [5, 5.41) is 6.48. The van der Waals surface area contributed by atoms with E-state index in [9.17, 15) is 0 Å². The van der Waals surface area contributed by atoms with Crippen molar-refractivity contribution in [3.63, 3.8) is 0 Å². The number of para-hydroxylation sites is 1. The van der Waals surface area contributed by atoms with E-state index < -0.39 is 0 Å². The summed E-state index contributed by atoms with van der Waals surface area (Å²) in [4.78, 5) is 8.90. The molecular weight excluding hydrogens is 270 g/mol. The molecule has 0 amide bonds. The van der Waals surface area contributed by atoms with E-state index in [1.165, 1.54) is 0 Å². The molecule has 4 nitrogen and oxygen atoms in total. The van der Waals surface area contributed by atoms with Gasteiger partial charge in [0.1, 0.15) is 11.3 Å². The van der Waals surface area contributed by atoms with E-state index in [4.69, 9.17) is 4.74 Å². The summed E-state index contributed by atoms with van der Waals surface area (Å²) < 4.78 is 5.35. The van der Waals surface area contributed by atoms with Gasteiger partial charge in [0.25, 0.3) is 0 Å². The second-order valence-corrected chi connectivity index (χ2v) is 5.14. The molecule has 0 aliphatic rings. The highest BCUT2D eigenvalue weighted by Crippen LogP contribution is 2.23. The summed E-state index contributed by atoms with van der Waals surface area (Å²) in [5.41, 5.74) is 4.81. The first kappa shape index (κ1) is 13.0. The Bertz CT molecular complexity index is 697. The number of aromatic nitrogens is 2. The smallest absolute Gasteiger partial charge is 0.145 e. The Kier molecular flexibility index (Phi) is 3.90. The van der Waals surface area contributed by atoms with Crippen LogP contribution in [0.2, 0.25) is 0 Å². The summed E-state index contributed by atoms with van der Waals surface area (Å²) in [5.74, 6) is 0.809. The summed E-state index contributed by atoms with van der Waals surface area (Å²) in [6, 6.07) is 10.1. The molecule has 1 aromatic carbocycles. The molecule has 2 heterocycles. The van der Waals surface area contributed by atoms with Crippen LogP contribution in [0.1, 0.15) is 11.4 Å². The van der Waals surface area contributed by atoms with E-state index in [1.54, 1.807) is 18.4 Å². The third-order valence-corrected chi connectivity index (χ3v) is 3.69. The van der Waals surface area contributed by atoms with E-state index in [-0.39, 0.29) is 0 Å². The molecule has 20 heavy (non-hydrogen) atoms. The number of benzene rings is 1. The minimum absolute atomic E-state index is 0.714. The molecule has 0 saturated carbocycles. The van der Waals surface area contributed by atoms with Crippen molar-refractivity contribution in [1.82, 2.24) is 15.3 Å². The van der Waals surface area contributed by atoms with Gasteiger partial charge < -0.3 is 10.1 Å². The fraction of sp³-hybridized carbons (Fsp3) is 0.200. The van der Waals surface area contributed by atoms with Gasteiger partial charge in [-0.2, -0.15) is 0 Å². The van der Waals surface area contributed by atoms with Gasteiger partial charge in [0.2, 0.25) is 0 Å². The van der Waals surface area contributed by atoms with Gasteiger partial charge in [0.05, 0.1) is 24.0 Å². The van der Waals surface area contributed by atoms with E-state index in [2.05, 4.69) is 21.4 Å². The maximum atomic E-state index is 5.35. The van der Waals surface area contributed by atoms with Crippen molar-refractivity contribution in [2.24, 2.45) is 0 Å². The number of fused-ring (bicyclic) bond motifs is 1. The molecule has 0 fully saturated rings. The van der Waals surface area contributed by atoms with Gasteiger partial charge in [-0.05, 0) is 12.1 Å². The number of nitrogens with zero attached hydrogens (tertiary/aromatic N) is 2. The molecule has 0 atom stereocenters. The van der Waals surface area contributed by atoms with Crippen molar-refractivity contribution >= 4 is 22.2 Å². The normalized spacial score (nSPS) is 10.8. The van der Waals surface area contributed by atoms with Crippen molar-refractivity contribution < 1.29 is 4.74 Å². The van der Waals surface area contributed by atoms with E-state index in [1.807, 2.05) is 35.2 Å². The number of hydrogen-bond acceptors (Lipinski definition) is 5. The lowest BCUT2D eigenvalue weighted by Crippen LogP contribution is -2.13. The number of pyridine rings is 1. The Morgan fingerprint density at radius 1 is 1.15 bits per heavy atom. The first-order valence-electron chi connectivity index (χ1n) is 6.37. The van der Waals surface area contributed by atoms with Crippen molar-refractivity contribution in [2.45, 2.75) is 13.1 Å². The van der Waals surface area contributed by atoms with Gasteiger partial charge in [-0.25, -0.2) is 9.97 Å². The lowest BCUT2D eigenvalue weighted by Gasteiger charge is -2.07. The maximum Gasteiger partial charge on any atom is 0.145 e. The summed E-state index contributed by atoms with van der Waals surface area (Å²) in [7, 11) is 1.67. The number of hydrogen-bond donors (Lipinski definition) is 1. The second kappa shape index (κ2) is 5.98. The SMILES string of the molecule is COc1cccc2ccc(CNCc3cscn3)nc12. The molecule has 0 radical (unpaired) electrons. The molecule has 3 rings (SSSR count). The van der Waals surface area contributed by atoms with Crippen LogP contribution in [-0.4, -0.2) is 17.1 Å². The second-order valence-electron chi connectivity index (χ2n) is 4.42. The standard InChI is InChI=1S/C15H15N3OS/c1-19-14-4-2-3-11-5-6-12(18-15(11)14)7-16-8-13-9-20-10-17-13/h2-6,9-10,16H,7-8H2,1H3. The number of methoxy groups -OCH3 is 1. The van der Waals surface area contributed by atoms with Crippen LogP contribution in [0, 0.1) is 0 Å². The molecule has 1 N–H and O–H groups in total. The molecule has 0 bridgehead atoms. The summed E-state index contributed by atoms with van der Waals surface area (Å²) in [6.45, 7) is 1.47. The predicted octanol–water partition coefficient (Wildman–Crippen LogP) is 2.99. The zero-order valence-electron chi connectivity index (χ0n) is 11.2. The highest BCUT2D eigenvalue weighted by atomic mass is 32.1. The van der Waals surface area contributed by atoms with Crippen molar-refractivity contribution in [1.29, 1.82) is 0 Å². The monoisotopic (exact) mass is 285 g/mol. The third kappa shape index (κ3) is 2.79. The Balaban J connectivity index is 1.75. The van der Waals surface area contributed by atoms with E-state index in [0.717, 1.165) is 34.6 Å². The Hall–Kier alpha value is -1.98. The first-order chi connectivity index (χ1) is 9.86. The fourth-order valence-corrected chi connectivity index (χ4v) is 2.63. The molecule has 3 aromatic rings. The van der Waals surface area contributed by atoms with Crippen LogP contribution in [0.3, 0.4) is 0 Å². The van der Waals surface area contributed by atoms with Crippen LogP contribution in [0.4, 0.5) is 0 Å². The zero-order chi connectivity index (χ0) is 13.8. The van der Waals surface area contributed by atoms with Crippen LogP contribution >= 0.6 is 11.3 Å². The highest BCUT2D eigenvalue weighted by Gasteiger charge is 2.04. The lowest BCUT2D eigenvalue weighted by atomic mass is 10.2. The van der Waals surface area contributed by atoms with Crippen LogP contribution in [0.5, 0.6) is 5.75 Å². The Morgan fingerprint density at radius 3 is 2.85 bits per heavy atom. The minimum atomic E-state index is 0.714. The average molecular weight is 285 g/mol. The van der Waals surface area contributed by atoms with Crippen molar-refractivity contribution in [3.05, 3.63) is 52.6 Å². The predicted molar refractivity (Wildman–Crippen MR) is 81.0 cm³/mol. The molecule has 0 aliphatic heterocycles. The highest BCUT2D eigenvalue weighted by molar-refractivity contribution is 7.07. The molecular formula is C15H15N3OS. The molecule has 102 valence electrons. The first-order valence-corrected chi connectivity index (χ1v) is 7.31. The molecule has 5 heteroatoms. The quantitative estimate of drug-likeness (QED) is 0.783. The fourth-order valence-electron chi connectivity index (χ4n) is 2.07. The van der Waals surface area contributed by atoms with Crippen molar-refractivity contribution in [2.75, 3.05) is 7.11 Å². The number of thiazole rings is 1. The number of nitrogens with one attached hydrogen (secondary N) is 1. The molecule has 0 aliphatic carbocycles. The molecule has 0 unspecified atom stereocenters. The van der Waals surface area contributed by atoms with Crippen LogP contribution in [0.15, 0.2) is 41.2 Å². The van der Waals surface area contributed by atoms with Gasteiger partial charge in [0, 0.05) is 23.9 Å². The van der Waals surface area contributed by atoms with Crippen LogP contribution < -0.4 is 10.1 Å². The van der Waals surface area contributed by atoms with Gasteiger partial charge in [-0.3, -0.25) is 0 Å². The largest absolute Gasteiger partial charge is 0.494 e. The molecule has 0 saturated heterocycles. The van der Waals surface area contributed by atoms with Gasteiger partial charge in [0.15, 0.2) is 0 Å². The topological polar surface area (TPSA) is 47.0 Å². The van der Waals surface area contributed by atoms with E-state index >= 15 is 0 Å². The third-order valence-electron chi connectivity index (χ3n) is 3.06. The number of ether oxygens (including phenoxy) is 1. The van der Waals surface area contributed by atoms with Crippen molar-refractivity contribution in [3.8, 4) is 5.75 Å². The van der Waals surface area contributed by atoms with Gasteiger partial charge in [-0.15, -0.1) is 11.3 Å². The number of rotatable bonds is 5. The Labute approximate surface area is 121 Å². The Morgan fingerprint density at radius 2 is 2.05 bits per heavy atom. The van der Waals surface area contributed by atoms with Crippen LogP contribution in [0.25, 0.3) is 10.9 Å². The molecule has 2 aromatic heterocycles. The zero-order valence-corrected chi connectivity index (χ0v) is 12.0. The summed E-state index contributed by atoms with van der Waals surface area (Å²) >= 11 is 1.61. The average Bonchev–Trinajstić information content (AvgIpc) is 3.00. The lowest BCUT2D eigenvalue weighted by molar-refractivity contribution is 0.418. The van der Waals surface area contributed by atoms with Crippen LogP contribution in [-0.2, 0) is 13.1 Å². The summed E-state index contributed by atoms with van der Waals surface area (Å²) in [6.07, 6.45) is 0. The van der Waals surface area contributed by atoms with E-state index in [0.29, 0.717) is 6.54 Å². The molecule has 0 spiro atoms. The van der Waals surface area contributed by atoms with Gasteiger partial charge >= 0.3 is 0 Å². The van der Waals surface area contributed by atoms with Gasteiger partial charge in [-0.1, -0.05) is 18.2 Å². The minimum Gasteiger partial charge on any atom is -0.494 e. The maximum absolute atomic E-state index is 5.35.